The molecular formula is C16H13NO9S4. The van der Waals surface area contributed by atoms with Crippen LogP contribution in [0.15, 0.2) is 45.0 Å². The molecule has 2 aliphatic heterocycles. The van der Waals surface area contributed by atoms with Crippen molar-refractivity contribution < 1.29 is 38.1 Å². The summed E-state index contributed by atoms with van der Waals surface area (Å²) in [5.74, 6) is -3.02. The average Bonchev–Trinajstić information content (AvgIpc) is 3.40. The van der Waals surface area contributed by atoms with E-state index in [1.807, 2.05) is 0 Å². The first kappa shape index (κ1) is 24.1. The number of hydrogen-bond acceptors (Lipinski definition) is 14. The Bertz CT molecular complexity index is 888. The van der Waals surface area contributed by atoms with Gasteiger partial charge in [0.05, 0.1) is 36.9 Å². The van der Waals surface area contributed by atoms with Crippen molar-refractivity contribution in [1.29, 1.82) is 0 Å². The summed E-state index contributed by atoms with van der Waals surface area (Å²) in [6.07, 6.45) is 1.33. The topological polar surface area (TPSA) is 135 Å². The summed E-state index contributed by atoms with van der Waals surface area (Å²) in [6, 6.07) is 0. The molecule has 0 aromatic carbocycles. The summed E-state index contributed by atoms with van der Waals surface area (Å²) in [5, 5.41) is 2.96. The Labute approximate surface area is 187 Å². The lowest BCUT2D eigenvalue weighted by atomic mass is 10.5. The highest BCUT2D eigenvalue weighted by Gasteiger charge is 2.36. The fourth-order valence-electron chi connectivity index (χ4n) is 1.92. The van der Waals surface area contributed by atoms with Gasteiger partial charge < -0.3 is 18.9 Å². The standard InChI is InChI=1S/C16H13NO9S4/c1-23-12(18)8-9(13(19)24-2)28-7(27-8)5-6(17-22)16-29-10(14(20)25-3)11(30-16)15(21)26-4/h5H,1-4H3. The molecule has 0 aliphatic carbocycles. The fraction of sp³-hybridized carbons (Fsp3) is 0.250. The van der Waals surface area contributed by atoms with E-state index >= 15 is 0 Å². The second-order valence-electron chi connectivity index (χ2n) is 4.92. The molecule has 0 atom stereocenters. The number of esters is 4. The number of carbonyl (C=O) groups excluding carboxylic acids is 4. The van der Waals surface area contributed by atoms with E-state index in [0.717, 1.165) is 75.5 Å². The summed E-state index contributed by atoms with van der Waals surface area (Å²) in [7, 11) is 4.63. The van der Waals surface area contributed by atoms with Crippen molar-refractivity contribution in [2.75, 3.05) is 28.4 Å². The van der Waals surface area contributed by atoms with Crippen LogP contribution >= 0.6 is 47.0 Å². The lowest BCUT2D eigenvalue weighted by molar-refractivity contribution is -0.138. The molecule has 0 fully saturated rings. The van der Waals surface area contributed by atoms with Gasteiger partial charge in [0, 0.05) is 0 Å². The third-order valence-corrected chi connectivity index (χ3v) is 8.24. The van der Waals surface area contributed by atoms with Gasteiger partial charge in [0.1, 0.15) is 25.3 Å². The van der Waals surface area contributed by atoms with Crippen LogP contribution in [0.5, 0.6) is 0 Å². The monoisotopic (exact) mass is 491 g/mol. The number of ether oxygens (including phenoxy) is 4. The number of nitroso groups, excluding NO2 is 1. The second kappa shape index (κ2) is 10.7. The van der Waals surface area contributed by atoms with Gasteiger partial charge in [-0.25, -0.2) is 19.2 Å². The SMILES string of the molecule is COC(=O)C1=C(C(=O)OC)SC(=CC(N=O)=C2SC(C(=O)OC)=C(C(=O)OC)S2)S1. The molecule has 14 heteroatoms. The maximum Gasteiger partial charge on any atom is 0.346 e. The maximum atomic E-state index is 12.0. The number of allylic oxidation sites excluding steroid dienone is 1. The highest BCUT2D eigenvalue weighted by molar-refractivity contribution is 8.30. The van der Waals surface area contributed by atoms with Gasteiger partial charge >= 0.3 is 23.9 Å². The van der Waals surface area contributed by atoms with Gasteiger partial charge in [-0.2, -0.15) is 0 Å². The van der Waals surface area contributed by atoms with Crippen molar-refractivity contribution in [3.63, 3.8) is 0 Å². The van der Waals surface area contributed by atoms with Crippen LogP contribution < -0.4 is 0 Å². The summed E-state index contributed by atoms with van der Waals surface area (Å²) in [4.78, 5) is 59.2. The smallest absolute Gasteiger partial charge is 0.346 e. The third-order valence-electron chi connectivity index (χ3n) is 3.25. The normalized spacial score (nSPS) is 15.7. The zero-order chi connectivity index (χ0) is 22.4. The largest absolute Gasteiger partial charge is 0.465 e. The minimum atomic E-state index is -0.770. The Morgan fingerprint density at radius 1 is 0.667 bits per heavy atom. The summed E-state index contributed by atoms with van der Waals surface area (Å²) in [5.41, 5.74) is -0.115. The van der Waals surface area contributed by atoms with E-state index in [0.29, 0.717) is 4.24 Å². The Hall–Kier alpha value is -2.16. The second-order valence-corrected chi connectivity index (χ2v) is 9.58. The number of methoxy groups -OCH3 is 4. The molecule has 2 rings (SSSR count). The van der Waals surface area contributed by atoms with Crippen molar-refractivity contribution in [2.24, 2.45) is 5.18 Å². The molecule has 10 nitrogen and oxygen atoms in total. The number of hydrogen-bond donors (Lipinski definition) is 0. The van der Waals surface area contributed by atoms with Gasteiger partial charge in [0.2, 0.25) is 0 Å². The predicted octanol–water partition coefficient (Wildman–Crippen LogP) is 2.84. The molecule has 0 amide bonds. The molecular weight excluding hydrogens is 478 g/mol. The van der Waals surface area contributed by atoms with Crippen LogP contribution in [0, 0.1) is 4.91 Å². The first-order valence-electron chi connectivity index (χ1n) is 7.63. The molecule has 0 saturated carbocycles. The van der Waals surface area contributed by atoms with Gasteiger partial charge in [-0.15, -0.1) is 4.91 Å². The molecule has 0 aromatic rings. The van der Waals surface area contributed by atoms with Crippen molar-refractivity contribution >= 4 is 70.9 Å². The minimum Gasteiger partial charge on any atom is -0.465 e. The lowest BCUT2D eigenvalue weighted by Gasteiger charge is -2.01. The molecule has 0 radical (unpaired) electrons. The van der Waals surface area contributed by atoms with E-state index in [-0.39, 0.29) is 29.6 Å². The Balaban J connectivity index is 2.39. The van der Waals surface area contributed by atoms with Crippen molar-refractivity contribution in [1.82, 2.24) is 0 Å². The highest BCUT2D eigenvalue weighted by Crippen LogP contribution is 2.54. The molecule has 160 valence electrons. The van der Waals surface area contributed by atoms with E-state index in [1.165, 1.54) is 6.08 Å². The van der Waals surface area contributed by atoms with Gasteiger partial charge in [-0.1, -0.05) is 47.0 Å². The van der Waals surface area contributed by atoms with E-state index < -0.39 is 23.9 Å². The van der Waals surface area contributed by atoms with E-state index in [4.69, 9.17) is 0 Å². The molecule has 2 heterocycles. The third kappa shape index (κ3) is 5.11. The number of carbonyl (C=O) groups is 4. The van der Waals surface area contributed by atoms with Crippen LogP contribution in [0.4, 0.5) is 0 Å². The Morgan fingerprint density at radius 3 is 1.30 bits per heavy atom. The van der Waals surface area contributed by atoms with E-state index in [2.05, 4.69) is 24.1 Å². The van der Waals surface area contributed by atoms with Crippen molar-refractivity contribution in [3.05, 3.63) is 44.8 Å². The fourth-order valence-corrected chi connectivity index (χ4v) is 6.64. The molecule has 0 spiro atoms. The average molecular weight is 492 g/mol. The molecule has 0 unspecified atom stereocenters. The maximum absolute atomic E-state index is 12.0. The number of rotatable bonds is 6. The molecule has 2 aliphatic rings. The van der Waals surface area contributed by atoms with Crippen molar-refractivity contribution in [2.45, 2.75) is 0 Å². The molecule has 0 N–H and O–H groups in total. The highest BCUT2D eigenvalue weighted by atomic mass is 32.2. The van der Waals surface area contributed by atoms with Crippen LogP contribution in [0.1, 0.15) is 0 Å². The first-order valence-corrected chi connectivity index (χ1v) is 10.9. The predicted molar refractivity (Wildman–Crippen MR) is 113 cm³/mol. The number of nitrogens with zero attached hydrogens (tertiary/aromatic N) is 1. The van der Waals surface area contributed by atoms with Crippen LogP contribution in [0.2, 0.25) is 0 Å². The molecule has 30 heavy (non-hydrogen) atoms. The van der Waals surface area contributed by atoms with Gasteiger partial charge in [0.25, 0.3) is 0 Å². The lowest BCUT2D eigenvalue weighted by Crippen LogP contribution is -2.08. The zero-order valence-electron chi connectivity index (χ0n) is 15.8. The molecule has 0 saturated heterocycles. The van der Waals surface area contributed by atoms with Gasteiger partial charge in [0.15, 0.2) is 0 Å². The van der Waals surface area contributed by atoms with E-state index in [1.54, 1.807) is 0 Å². The van der Waals surface area contributed by atoms with Gasteiger partial charge in [-0.05, 0) is 11.3 Å². The van der Waals surface area contributed by atoms with Gasteiger partial charge in [-0.3, -0.25) is 0 Å². The van der Waals surface area contributed by atoms with E-state index in [9.17, 15) is 24.1 Å². The Kier molecular flexibility index (Phi) is 8.64. The minimum absolute atomic E-state index is 0.00574. The number of thioether (sulfide) groups is 4. The quantitative estimate of drug-likeness (QED) is 0.306. The summed E-state index contributed by atoms with van der Waals surface area (Å²) < 4.78 is 19.2. The molecule has 0 aromatic heterocycles. The van der Waals surface area contributed by atoms with Crippen LogP contribution in [-0.4, -0.2) is 52.3 Å². The Morgan fingerprint density at radius 2 is 1.00 bits per heavy atom. The first-order chi connectivity index (χ1) is 14.3. The molecule has 0 bridgehead atoms. The summed E-state index contributed by atoms with van der Waals surface area (Å²) in [6.45, 7) is 0. The zero-order valence-corrected chi connectivity index (χ0v) is 19.1. The summed E-state index contributed by atoms with van der Waals surface area (Å²) >= 11 is 3.46. The van der Waals surface area contributed by atoms with Crippen LogP contribution in [0.3, 0.4) is 0 Å². The van der Waals surface area contributed by atoms with Crippen molar-refractivity contribution in [3.8, 4) is 0 Å². The van der Waals surface area contributed by atoms with Crippen LogP contribution in [-0.2, 0) is 38.1 Å². The van der Waals surface area contributed by atoms with Crippen LogP contribution in [0.25, 0.3) is 0 Å².